The number of benzene rings is 1. The lowest BCUT2D eigenvalue weighted by Crippen LogP contribution is -2.00. The third kappa shape index (κ3) is 2.41. The Morgan fingerprint density at radius 2 is 2.00 bits per heavy atom. The number of phenolic OH excluding ortho intramolecular Hbond substituents is 1. The van der Waals surface area contributed by atoms with Gasteiger partial charge in [0.2, 0.25) is 0 Å². The number of carboxylic acid groups (broad SMARTS) is 1. The molecule has 0 bridgehead atoms. The zero-order chi connectivity index (χ0) is 14.1. The van der Waals surface area contributed by atoms with Crippen LogP contribution in [-0.4, -0.2) is 21.4 Å². The summed E-state index contributed by atoms with van der Waals surface area (Å²) in [5.41, 5.74) is 1.49. The van der Waals surface area contributed by atoms with Gasteiger partial charge in [0.1, 0.15) is 5.75 Å². The van der Waals surface area contributed by atoms with E-state index in [4.69, 9.17) is 5.11 Å². The van der Waals surface area contributed by atoms with Crippen LogP contribution in [0.15, 0.2) is 42.5 Å². The van der Waals surface area contributed by atoms with Crippen LogP contribution in [0.3, 0.4) is 0 Å². The van der Waals surface area contributed by atoms with Gasteiger partial charge in [0.25, 0.3) is 0 Å². The molecule has 3 aromatic rings. The molecule has 1 aromatic carbocycles. The Morgan fingerprint density at radius 1 is 1.15 bits per heavy atom. The number of aromatic hydroxyl groups is 1. The van der Waals surface area contributed by atoms with Crippen LogP contribution in [0.4, 0.5) is 4.79 Å². The van der Waals surface area contributed by atoms with Gasteiger partial charge in [-0.2, -0.15) is 0 Å². The van der Waals surface area contributed by atoms with Crippen LogP contribution in [0, 0.1) is 0 Å². The van der Waals surface area contributed by atoms with E-state index in [0.717, 1.165) is 21.5 Å². The van der Waals surface area contributed by atoms with Gasteiger partial charge < -0.3 is 14.9 Å². The summed E-state index contributed by atoms with van der Waals surface area (Å²) < 4.78 is 4.59. The molecule has 0 atom stereocenters. The predicted octanol–water partition coefficient (Wildman–Crippen LogP) is 3.73. The Morgan fingerprint density at radius 3 is 2.80 bits per heavy atom. The second-order valence-corrected chi connectivity index (χ2v) is 5.11. The second-order valence-electron chi connectivity index (χ2n) is 4.06. The maximum Gasteiger partial charge on any atom is 0.512 e. The lowest BCUT2D eigenvalue weighted by atomic mass is 10.2. The molecule has 0 aliphatic rings. The van der Waals surface area contributed by atoms with Gasteiger partial charge in [-0.3, -0.25) is 0 Å². The van der Waals surface area contributed by atoms with Crippen molar-refractivity contribution in [2.24, 2.45) is 0 Å². The molecule has 0 spiro atoms. The van der Waals surface area contributed by atoms with Gasteiger partial charge >= 0.3 is 6.16 Å². The van der Waals surface area contributed by atoms with Crippen LogP contribution in [-0.2, 0) is 0 Å². The smallest absolute Gasteiger partial charge is 0.508 e. The van der Waals surface area contributed by atoms with Gasteiger partial charge in [0.15, 0.2) is 5.06 Å². The number of fused-ring (bicyclic) bond motifs is 1. The monoisotopic (exact) mass is 287 g/mol. The van der Waals surface area contributed by atoms with E-state index in [9.17, 15) is 9.90 Å². The van der Waals surface area contributed by atoms with Gasteiger partial charge in [0.05, 0.1) is 16.1 Å². The SMILES string of the molecule is O=C(O)Oc1ccc(-c2ccc3cc(O)ccc3n2)s1. The molecular weight excluding hydrogens is 278 g/mol. The summed E-state index contributed by atoms with van der Waals surface area (Å²) in [7, 11) is 0. The summed E-state index contributed by atoms with van der Waals surface area (Å²) in [5, 5.41) is 19.1. The highest BCUT2D eigenvalue weighted by atomic mass is 32.1. The number of nitrogens with zero attached hydrogens (tertiary/aromatic N) is 1. The van der Waals surface area contributed by atoms with E-state index in [1.807, 2.05) is 12.1 Å². The van der Waals surface area contributed by atoms with Crippen molar-refractivity contribution in [1.82, 2.24) is 4.98 Å². The number of aromatic nitrogens is 1. The minimum atomic E-state index is -1.33. The average Bonchev–Trinajstić information content (AvgIpc) is 2.85. The lowest BCUT2D eigenvalue weighted by Gasteiger charge is -2.01. The van der Waals surface area contributed by atoms with Crippen LogP contribution in [0.25, 0.3) is 21.5 Å². The highest BCUT2D eigenvalue weighted by Crippen LogP contribution is 2.33. The molecule has 0 unspecified atom stereocenters. The predicted molar refractivity (Wildman–Crippen MR) is 75.4 cm³/mol. The molecule has 0 saturated heterocycles. The molecule has 0 amide bonds. The van der Waals surface area contributed by atoms with Gasteiger partial charge in [-0.15, -0.1) is 0 Å². The summed E-state index contributed by atoms with van der Waals surface area (Å²) in [4.78, 5) is 15.8. The topological polar surface area (TPSA) is 79.7 Å². The minimum absolute atomic E-state index is 0.195. The maximum absolute atomic E-state index is 10.5. The normalized spacial score (nSPS) is 10.6. The molecule has 0 aliphatic carbocycles. The van der Waals surface area contributed by atoms with Crippen molar-refractivity contribution in [1.29, 1.82) is 0 Å². The fraction of sp³-hybridized carbons (Fsp3) is 0. The molecule has 2 N–H and O–H groups in total. The first-order valence-corrected chi connectivity index (χ1v) is 6.54. The second kappa shape index (κ2) is 4.82. The molecule has 2 heterocycles. The quantitative estimate of drug-likeness (QED) is 0.702. The van der Waals surface area contributed by atoms with Gasteiger partial charge in [-0.25, -0.2) is 9.78 Å². The van der Waals surface area contributed by atoms with Crippen LogP contribution >= 0.6 is 11.3 Å². The average molecular weight is 287 g/mol. The first-order chi connectivity index (χ1) is 9.61. The minimum Gasteiger partial charge on any atom is -0.508 e. The number of hydrogen-bond acceptors (Lipinski definition) is 5. The first kappa shape index (κ1) is 12.4. The van der Waals surface area contributed by atoms with Crippen molar-refractivity contribution >= 4 is 28.4 Å². The molecular formula is C14H9NO4S. The number of rotatable bonds is 2. The summed E-state index contributed by atoms with van der Waals surface area (Å²) in [5.74, 6) is 0.195. The van der Waals surface area contributed by atoms with E-state index in [1.54, 1.807) is 30.3 Å². The molecule has 0 aliphatic heterocycles. The Bertz CT molecular complexity index is 797. The number of pyridine rings is 1. The summed E-state index contributed by atoms with van der Waals surface area (Å²) in [6.45, 7) is 0. The zero-order valence-electron chi connectivity index (χ0n) is 10.1. The Kier molecular flexibility index (Phi) is 3.00. The molecule has 0 saturated carbocycles. The van der Waals surface area contributed by atoms with Gasteiger partial charge in [-0.1, -0.05) is 17.4 Å². The van der Waals surface area contributed by atoms with E-state index in [0.29, 0.717) is 5.06 Å². The van der Waals surface area contributed by atoms with Crippen molar-refractivity contribution in [3.8, 4) is 21.4 Å². The van der Waals surface area contributed by atoms with E-state index in [1.165, 1.54) is 11.3 Å². The first-order valence-electron chi connectivity index (χ1n) is 5.72. The highest BCUT2D eigenvalue weighted by molar-refractivity contribution is 7.17. The molecule has 5 nitrogen and oxygen atoms in total. The maximum atomic E-state index is 10.5. The number of hydrogen-bond donors (Lipinski definition) is 2. The van der Waals surface area contributed by atoms with Crippen LogP contribution in [0.5, 0.6) is 10.8 Å². The Balaban J connectivity index is 1.99. The van der Waals surface area contributed by atoms with Crippen molar-refractivity contribution in [3.05, 3.63) is 42.5 Å². The van der Waals surface area contributed by atoms with E-state index in [2.05, 4.69) is 9.72 Å². The standard InChI is InChI=1S/C14H9NO4S/c16-9-2-4-10-8(7-9)1-3-11(15-10)12-5-6-13(20-12)19-14(17)18/h1-7,16H,(H,17,18). The van der Waals surface area contributed by atoms with Crippen LogP contribution < -0.4 is 4.74 Å². The van der Waals surface area contributed by atoms with Crippen molar-refractivity contribution < 1.29 is 19.7 Å². The van der Waals surface area contributed by atoms with E-state index < -0.39 is 6.16 Å². The third-order valence-corrected chi connectivity index (χ3v) is 3.68. The third-order valence-electron chi connectivity index (χ3n) is 2.69. The molecule has 2 aromatic heterocycles. The summed E-state index contributed by atoms with van der Waals surface area (Å²) >= 11 is 1.21. The van der Waals surface area contributed by atoms with E-state index >= 15 is 0 Å². The van der Waals surface area contributed by atoms with Crippen molar-refractivity contribution in [3.63, 3.8) is 0 Å². The molecule has 0 fully saturated rings. The Labute approximate surface area is 117 Å². The number of carbonyl (C=O) groups is 1. The number of ether oxygens (including phenoxy) is 1. The largest absolute Gasteiger partial charge is 0.512 e. The molecule has 100 valence electrons. The number of phenols is 1. The van der Waals surface area contributed by atoms with Crippen molar-refractivity contribution in [2.45, 2.75) is 0 Å². The van der Waals surface area contributed by atoms with E-state index in [-0.39, 0.29) is 5.75 Å². The van der Waals surface area contributed by atoms with Gasteiger partial charge in [0, 0.05) is 5.39 Å². The van der Waals surface area contributed by atoms with Gasteiger partial charge in [-0.05, 0) is 36.4 Å². The fourth-order valence-corrected chi connectivity index (χ4v) is 2.67. The fourth-order valence-electron chi connectivity index (χ4n) is 1.85. The molecule has 0 radical (unpaired) electrons. The Hall–Kier alpha value is -2.60. The zero-order valence-corrected chi connectivity index (χ0v) is 10.9. The van der Waals surface area contributed by atoms with Crippen LogP contribution in [0.2, 0.25) is 0 Å². The molecule has 20 heavy (non-hydrogen) atoms. The van der Waals surface area contributed by atoms with Crippen LogP contribution in [0.1, 0.15) is 0 Å². The molecule has 3 rings (SSSR count). The highest BCUT2D eigenvalue weighted by Gasteiger charge is 2.08. The van der Waals surface area contributed by atoms with Crippen molar-refractivity contribution in [2.75, 3.05) is 0 Å². The summed E-state index contributed by atoms with van der Waals surface area (Å²) in [6.07, 6.45) is -1.33. The lowest BCUT2D eigenvalue weighted by molar-refractivity contribution is 0.146. The summed E-state index contributed by atoms with van der Waals surface area (Å²) in [6, 6.07) is 12.0. The molecule has 6 heteroatoms. The number of thiophene rings is 1.